The highest BCUT2D eigenvalue weighted by Crippen LogP contribution is 2.55. The number of rotatable bonds is 8. The third-order valence-electron chi connectivity index (χ3n) is 8.56. The molecule has 3 N–H and O–H groups in total. The molecule has 2 aliphatic heterocycles. The first kappa shape index (κ1) is 25.0. The molecule has 2 atom stereocenters. The zero-order valence-corrected chi connectivity index (χ0v) is 20.9. The number of hydrogen-bond donors (Lipinski definition) is 3. The molecule has 5 rings (SSSR count). The molecule has 4 aliphatic rings. The van der Waals surface area contributed by atoms with E-state index in [2.05, 4.69) is 10.2 Å². The van der Waals surface area contributed by atoms with Crippen LogP contribution in [0.15, 0.2) is 24.3 Å². The second kappa shape index (κ2) is 10.8. The fourth-order valence-electron chi connectivity index (χ4n) is 6.29. The first-order chi connectivity index (χ1) is 17.5. The van der Waals surface area contributed by atoms with Crippen LogP contribution in [0, 0.1) is 17.3 Å². The number of hydroxylamine groups is 1. The standard InChI is InChI=1S/C27H38N4O5/c32-24(29-35)16-20(15-19-3-1-2-4-19)26(34)31-18-27(9-10-27)17-23(31)25(33)28-21-5-7-22(8-6-21)30-11-13-36-14-12-30/h5-8,19-20,23,35H,1-4,9-18H2,(H,28,33)(H,29,32)/t20-,23?/m1/s1. The van der Waals surface area contributed by atoms with Crippen LogP contribution in [0.1, 0.15) is 57.8 Å². The fourth-order valence-corrected chi connectivity index (χ4v) is 6.29. The number of nitrogens with one attached hydrogen (secondary N) is 2. The van der Waals surface area contributed by atoms with Gasteiger partial charge in [-0.2, -0.15) is 0 Å². The molecule has 196 valence electrons. The summed E-state index contributed by atoms with van der Waals surface area (Å²) in [5.41, 5.74) is 3.54. The maximum absolute atomic E-state index is 13.8. The number of hydrogen-bond acceptors (Lipinski definition) is 6. The van der Waals surface area contributed by atoms with Crippen LogP contribution in [0.25, 0.3) is 0 Å². The molecule has 0 aromatic heterocycles. The predicted octanol–water partition coefficient (Wildman–Crippen LogP) is 2.93. The zero-order chi connectivity index (χ0) is 25.1. The first-order valence-corrected chi connectivity index (χ1v) is 13.4. The van der Waals surface area contributed by atoms with Crippen LogP contribution in [0.4, 0.5) is 11.4 Å². The van der Waals surface area contributed by atoms with Gasteiger partial charge in [0.2, 0.25) is 17.7 Å². The summed E-state index contributed by atoms with van der Waals surface area (Å²) in [7, 11) is 0. The smallest absolute Gasteiger partial charge is 0.247 e. The Morgan fingerprint density at radius 3 is 2.42 bits per heavy atom. The molecule has 36 heavy (non-hydrogen) atoms. The minimum absolute atomic E-state index is 0.0367. The van der Waals surface area contributed by atoms with Crippen molar-refractivity contribution in [1.82, 2.24) is 10.4 Å². The molecule has 2 saturated carbocycles. The Kier molecular flexibility index (Phi) is 7.48. The Hall–Kier alpha value is -2.65. The molecule has 4 fully saturated rings. The van der Waals surface area contributed by atoms with Crippen LogP contribution in [0.3, 0.4) is 0 Å². The first-order valence-electron chi connectivity index (χ1n) is 13.4. The molecule has 1 aromatic carbocycles. The number of anilines is 2. The largest absolute Gasteiger partial charge is 0.378 e. The van der Waals surface area contributed by atoms with Crippen molar-refractivity contribution in [2.24, 2.45) is 17.3 Å². The number of benzene rings is 1. The minimum atomic E-state index is -0.548. The van der Waals surface area contributed by atoms with E-state index in [9.17, 15) is 14.4 Å². The fraction of sp³-hybridized carbons (Fsp3) is 0.667. The molecule has 2 aliphatic carbocycles. The molecule has 9 heteroatoms. The molecular formula is C27H38N4O5. The third-order valence-corrected chi connectivity index (χ3v) is 8.56. The Balaban J connectivity index is 1.27. The summed E-state index contributed by atoms with van der Waals surface area (Å²) in [4.78, 5) is 43.2. The zero-order valence-electron chi connectivity index (χ0n) is 20.9. The lowest BCUT2D eigenvalue weighted by atomic mass is 9.89. The van der Waals surface area contributed by atoms with Gasteiger partial charge in [-0.1, -0.05) is 25.7 Å². The number of carbonyl (C=O) groups is 3. The summed E-state index contributed by atoms with van der Waals surface area (Å²) in [5.74, 6) is -0.944. The Morgan fingerprint density at radius 1 is 1.08 bits per heavy atom. The van der Waals surface area contributed by atoms with Gasteiger partial charge in [-0.3, -0.25) is 19.6 Å². The molecule has 1 spiro atoms. The van der Waals surface area contributed by atoms with Gasteiger partial charge in [0.05, 0.1) is 13.2 Å². The minimum Gasteiger partial charge on any atom is -0.378 e. The molecule has 0 radical (unpaired) electrons. The topological polar surface area (TPSA) is 111 Å². The molecule has 9 nitrogen and oxygen atoms in total. The van der Waals surface area contributed by atoms with Crippen LogP contribution < -0.4 is 15.7 Å². The molecule has 2 heterocycles. The van der Waals surface area contributed by atoms with Gasteiger partial charge in [-0.15, -0.1) is 0 Å². The van der Waals surface area contributed by atoms with Gasteiger partial charge < -0.3 is 19.9 Å². The summed E-state index contributed by atoms with van der Waals surface area (Å²) in [6.45, 7) is 3.70. The molecular weight excluding hydrogens is 460 g/mol. The normalized spacial score (nSPS) is 24.1. The van der Waals surface area contributed by atoms with Crippen molar-refractivity contribution in [3.8, 4) is 0 Å². The highest BCUT2D eigenvalue weighted by molar-refractivity contribution is 5.98. The summed E-state index contributed by atoms with van der Waals surface area (Å²) in [6, 6.07) is 7.29. The van der Waals surface area contributed by atoms with Gasteiger partial charge in [0.15, 0.2) is 0 Å². The van der Waals surface area contributed by atoms with Crippen LogP contribution in [0.2, 0.25) is 0 Å². The Bertz CT molecular complexity index is 951. The molecule has 1 aromatic rings. The average molecular weight is 499 g/mol. The van der Waals surface area contributed by atoms with Crippen molar-refractivity contribution in [1.29, 1.82) is 0 Å². The van der Waals surface area contributed by atoms with Crippen molar-refractivity contribution < 1.29 is 24.3 Å². The van der Waals surface area contributed by atoms with Crippen molar-refractivity contribution >= 4 is 29.1 Å². The van der Waals surface area contributed by atoms with E-state index in [1.807, 2.05) is 24.3 Å². The van der Waals surface area contributed by atoms with E-state index < -0.39 is 17.9 Å². The molecule has 2 saturated heterocycles. The lowest BCUT2D eigenvalue weighted by Gasteiger charge is -2.30. The van der Waals surface area contributed by atoms with E-state index in [0.717, 1.165) is 57.3 Å². The van der Waals surface area contributed by atoms with E-state index >= 15 is 0 Å². The van der Waals surface area contributed by atoms with Crippen LogP contribution >= 0.6 is 0 Å². The summed E-state index contributed by atoms with van der Waals surface area (Å²) in [6.07, 6.45) is 7.74. The second-order valence-electron chi connectivity index (χ2n) is 11.1. The lowest BCUT2D eigenvalue weighted by molar-refractivity contribution is -0.144. The highest BCUT2D eigenvalue weighted by atomic mass is 16.5. The maximum atomic E-state index is 13.8. The van der Waals surface area contributed by atoms with Crippen molar-refractivity contribution in [2.45, 2.75) is 63.8 Å². The van der Waals surface area contributed by atoms with Gasteiger partial charge in [0.1, 0.15) is 6.04 Å². The van der Waals surface area contributed by atoms with Crippen molar-refractivity contribution in [3.63, 3.8) is 0 Å². The predicted molar refractivity (Wildman–Crippen MR) is 134 cm³/mol. The lowest BCUT2D eigenvalue weighted by Crippen LogP contribution is -2.46. The van der Waals surface area contributed by atoms with Crippen molar-refractivity contribution in [2.75, 3.05) is 43.1 Å². The maximum Gasteiger partial charge on any atom is 0.247 e. The van der Waals surface area contributed by atoms with Gasteiger partial charge in [0.25, 0.3) is 0 Å². The van der Waals surface area contributed by atoms with Gasteiger partial charge in [0, 0.05) is 43.3 Å². The summed E-state index contributed by atoms with van der Waals surface area (Å²) in [5, 5.41) is 12.1. The SMILES string of the molecule is O=C(C[C@@H](CC1CCCC1)C(=O)N1CC2(CC2)CC1C(=O)Nc1ccc(N2CCOCC2)cc1)NO. The average Bonchev–Trinajstić information content (AvgIpc) is 3.27. The van der Waals surface area contributed by atoms with E-state index in [0.29, 0.717) is 44.2 Å². The number of morpholine rings is 1. The Labute approximate surface area is 212 Å². The van der Waals surface area contributed by atoms with E-state index in [4.69, 9.17) is 9.94 Å². The number of nitrogens with zero attached hydrogens (tertiary/aromatic N) is 2. The molecule has 1 unspecified atom stereocenters. The second-order valence-corrected chi connectivity index (χ2v) is 11.1. The van der Waals surface area contributed by atoms with E-state index in [1.165, 1.54) is 0 Å². The van der Waals surface area contributed by atoms with Crippen LogP contribution in [-0.2, 0) is 19.1 Å². The third kappa shape index (κ3) is 5.67. The van der Waals surface area contributed by atoms with Gasteiger partial charge in [-0.25, -0.2) is 5.48 Å². The van der Waals surface area contributed by atoms with Gasteiger partial charge in [-0.05, 0) is 61.3 Å². The quantitative estimate of drug-likeness (QED) is 0.375. The monoisotopic (exact) mass is 498 g/mol. The number of likely N-dealkylation sites (tertiary alicyclic amines) is 1. The number of carbonyl (C=O) groups excluding carboxylic acids is 3. The number of amides is 3. The van der Waals surface area contributed by atoms with E-state index in [-0.39, 0.29) is 23.7 Å². The Morgan fingerprint density at radius 2 is 1.78 bits per heavy atom. The molecule has 0 bridgehead atoms. The van der Waals surface area contributed by atoms with E-state index in [1.54, 1.807) is 10.4 Å². The van der Waals surface area contributed by atoms with Crippen LogP contribution in [0.5, 0.6) is 0 Å². The van der Waals surface area contributed by atoms with Crippen LogP contribution in [-0.4, -0.2) is 66.7 Å². The van der Waals surface area contributed by atoms with Crippen molar-refractivity contribution in [3.05, 3.63) is 24.3 Å². The summed E-state index contributed by atoms with van der Waals surface area (Å²) >= 11 is 0. The highest BCUT2D eigenvalue weighted by Gasteiger charge is 2.55. The summed E-state index contributed by atoms with van der Waals surface area (Å²) < 4.78 is 5.42. The number of ether oxygens (including phenoxy) is 1. The molecule has 3 amide bonds. The van der Waals surface area contributed by atoms with Gasteiger partial charge >= 0.3 is 0 Å².